The molecule has 1 rings (SSSR count). The van der Waals surface area contributed by atoms with Crippen molar-refractivity contribution in [1.29, 1.82) is 0 Å². The van der Waals surface area contributed by atoms with Gasteiger partial charge in [0.2, 0.25) is 0 Å². The smallest absolute Gasteiger partial charge is 0.166 e. The van der Waals surface area contributed by atoms with Crippen molar-refractivity contribution in [3.63, 3.8) is 0 Å². The van der Waals surface area contributed by atoms with Crippen molar-refractivity contribution in [2.75, 3.05) is 12.5 Å². The largest absolute Gasteiger partial charge is 0.347 e. The van der Waals surface area contributed by atoms with Gasteiger partial charge in [-0.3, -0.25) is 0 Å². The highest BCUT2D eigenvalue weighted by Crippen LogP contribution is 2.29. The van der Waals surface area contributed by atoms with E-state index in [1.807, 2.05) is 6.92 Å². The van der Waals surface area contributed by atoms with E-state index in [0.29, 0.717) is 18.4 Å². The SMILES string of the molecule is CC(C)CC1(C)OCC(CCl)O1. The standard InChI is InChI=1S/C9H17ClO2/c1-7(2)4-9(3)11-6-8(5-10)12-9/h7-8H,4-6H2,1-3H3. The molecule has 2 nitrogen and oxygen atoms in total. The highest BCUT2D eigenvalue weighted by Gasteiger charge is 2.36. The van der Waals surface area contributed by atoms with Crippen molar-refractivity contribution in [3.05, 3.63) is 0 Å². The Labute approximate surface area is 79.2 Å². The second kappa shape index (κ2) is 3.95. The summed E-state index contributed by atoms with van der Waals surface area (Å²) < 4.78 is 11.2. The molecule has 1 fully saturated rings. The molecule has 0 saturated carbocycles. The zero-order chi connectivity index (χ0) is 9.19. The molecule has 2 unspecified atom stereocenters. The van der Waals surface area contributed by atoms with Crippen LogP contribution in [-0.2, 0) is 9.47 Å². The van der Waals surface area contributed by atoms with E-state index in [1.54, 1.807) is 0 Å². The Bertz CT molecular complexity index is 149. The second-order valence-electron chi connectivity index (χ2n) is 3.94. The first-order valence-electron chi connectivity index (χ1n) is 4.43. The highest BCUT2D eigenvalue weighted by molar-refractivity contribution is 6.18. The fourth-order valence-electron chi connectivity index (χ4n) is 1.61. The van der Waals surface area contributed by atoms with Gasteiger partial charge in [-0.25, -0.2) is 0 Å². The monoisotopic (exact) mass is 192 g/mol. The van der Waals surface area contributed by atoms with Crippen LogP contribution < -0.4 is 0 Å². The maximum atomic E-state index is 5.67. The van der Waals surface area contributed by atoms with E-state index < -0.39 is 5.79 Å². The summed E-state index contributed by atoms with van der Waals surface area (Å²) in [6.45, 7) is 6.93. The van der Waals surface area contributed by atoms with Gasteiger partial charge in [-0.2, -0.15) is 0 Å². The average molecular weight is 193 g/mol. The molecule has 3 heteroatoms. The summed E-state index contributed by atoms with van der Waals surface area (Å²) in [4.78, 5) is 0. The summed E-state index contributed by atoms with van der Waals surface area (Å²) >= 11 is 5.67. The van der Waals surface area contributed by atoms with Crippen LogP contribution in [0.5, 0.6) is 0 Å². The van der Waals surface area contributed by atoms with Crippen molar-refractivity contribution >= 4 is 11.6 Å². The number of halogens is 1. The van der Waals surface area contributed by atoms with Crippen LogP contribution in [0.3, 0.4) is 0 Å². The lowest BCUT2D eigenvalue weighted by Crippen LogP contribution is -2.28. The fourth-order valence-corrected chi connectivity index (χ4v) is 1.77. The van der Waals surface area contributed by atoms with Crippen molar-refractivity contribution in [3.8, 4) is 0 Å². The summed E-state index contributed by atoms with van der Waals surface area (Å²) in [5.74, 6) is 0.714. The fraction of sp³-hybridized carbons (Fsp3) is 1.00. The highest BCUT2D eigenvalue weighted by atomic mass is 35.5. The summed E-state index contributed by atoms with van der Waals surface area (Å²) in [6, 6.07) is 0. The zero-order valence-electron chi connectivity index (χ0n) is 7.97. The van der Waals surface area contributed by atoms with Crippen LogP contribution >= 0.6 is 11.6 Å². The molecule has 0 aromatic carbocycles. The van der Waals surface area contributed by atoms with Gasteiger partial charge >= 0.3 is 0 Å². The number of ether oxygens (including phenoxy) is 2. The molecule has 1 heterocycles. The van der Waals surface area contributed by atoms with E-state index in [1.165, 1.54) is 0 Å². The van der Waals surface area contributed by atoms with Crippen LogP contribution in [0.4, 0.5) is 0 Å². The van der Waals surface area contributed by atoms with Gasteiger partial charge in [0, 0.05) is 6.42 Å². The first-order valence-corrected chi connectivity index (χ1v) is 4.97. The molecule has 1 saturated heterocycles. The van der Waals surface area contributed by atoms with Crippen molar-refractivity contribution in [2.45, 2.75) is 39.1 Å². The summed E-state index contributed by atoms with van der Waals surface area (Å²) in [7, 11) is 0. The van der Waals surface area contributed by atoms with Gasteiger partial charge in [-0.1, -0.05) is 13.8 Å². The van der Waals surface area contributed by atoms with E-state index in [-0.39, 0.29) is 6.10 Å². The Balaban J connectivity index is 2.41. The van der Waals surface area contributed by atoms with E-state index >= 15 is 0 Å². The van der Waals surface area contributed by atoms with Gasteiger partial charge in [-0.05, 0) is 12.8 Å². The molecule has 0 aliphatic carbocycles. The molecule has 0 amide bonds. The molecule has 0 spiro atoms. The average Bonchev–Trinajstić information content (AvgIpc) is 2.30. The summed E-state index contributed by atoms with van der Waals surface area (Å²) in [6.07, 6.45) is 1.01. The van der Waals surface area contributed by atoms with Crippen LogP contribution in [-0.4, -0.2) is 24.4 Å². The molecule has 0 radical (unpaired) electrons. The van der Waals surface area contributed by atoms with Gasteiger partial charge in [-0.15, -0.1) is 11.6 Å². The second-order valence-corrected chi connectivity index (χ2v) is 4.25. The number of hydrogen-bond acceptors (Lipinski definition) is 2. The summed E-state index contributed by atoms with van der Waals surface area (Å²) in [5.41, 5.74) is 0. The molecule has 1 aliphatic heterocycles. The lowest BCUT2D eigenvalue weighted by atomic mass is 10.0. The Morgan fingerprint density at radius 3 is 2.67 bits per heavy atom. The normalized spacial score (nSPS) is 36.2. The lowest BCUT2D eigenvalue weighted by Gasteiger charge is -2.24. The predicted molar refractivity (Wildman–Crippen MR) is 49.4 cm³/mol. The van der Waals surface area contributed by atoms with Crippen LogP contribution in [0.15, 0.2) is 0 Å². The third-order valence-corrected chi connectivity index (χ3v) is 2.29. The Morgan fingerprint density at radius 2 is 2.25 bits per heavy atom. The van der Waals surface area contributed by atoms with Crippen LogP contribution in [0.25, 0.3) is 0 Å². The molecular formula is C9H17ClO2. The minimum absolute atomic E-state index is 0.0791. The van der Waals surface area contributed by atoms with Crippen LogP contribution in [0.1, 0.15) is 27.2 Å². The number of hydrogen-bond donors (Lipinski definition) is 0. The summed E-state index contributed by atoms with van der Waals surface area (Å²) in [5, 5.41) is 0. The van der Waals surface area contributed by atoms with E-state index in [9.17, 15) is 0 Å². The zero-order valence-corrected chi connectivity index (χ0v) is 8.73. The number of rotatable bonds is 3. The minimum Gasteiger partial charge on any atom is -0.347 e. The Morgan fingerprint density at radius 1 is 1.58 bits per heavy atom. The van der Waals surface area contributed by atoms with Gasteiger partial charge in [0.1, 0.15) is 0 Å². The quantitative estimate of drug-likeness (QED) is 0.640. The van der Waals surface area contributed by atoms with Gasteiger partial charge in [0.25, 0.3) is 0 Å². The third kappa shape index (κ3) is 2.61. The predicted octanol–water partition coefficient (Wildman–Crippen LogP) is 2.40. The molecule has 0 N–H and O–H groups in total. The van der Waals surface area contributed by atoms with Gasteiger partial charge in [0.15, 0.2) is 5.79 Å². The first-order chi connectivity index (χ1) is 5.56. The molecule has 12 heavy (non-hydrogen) atoms. The molecule has 0 aromatic heterocycles. The van der Waals surface area contributed by atoms with Gasteiger partial charge in [0.05, 0.1) is 18.6 Å². The van der Waals surface area contributed by atoms with Gasteiger partial charge < -0.3 is 9.47 Å². The number of alkyl halides is 1. The molecule has 72 valence electrons. The third-order valence-electron chi connectivity index (χ3n) is 1.94. The molecular weight excluding hydrogens is 176 g/mol. The maximum absolute atomic E-state index is 5.67. The molecule has 0 aromatic rings. The van der Waals surface area contributed by atoms with Crippen LogP contribution in [0, 0.1) is 5.92 Å². The Hall–Kier alpha value is 0.210. The molecule has 1 aliphatic rings. The first kappa shape index (κ1) is 10.3. The molecule has 0 bridgehead atoms. The van der Waals surface area contributed by atoms with E-state index in [2.05, 4.69) is 13.8 Å². The topological polar surface area (TPSA) is 18.5 Å². The van der Waals surface area contributed by atoms with E-state index in [0.717, 1.165) is 6.42 Å². The Kier molecular flexibility index (Phi) is 3.38. The van der Waals surface area contributed by atoms with E-state index in [4.69, 9.17) is 21.1 Å². The van der Waals surface area contributed by atoms with Crippen molar-refractivity contribution in [1.82, 2.24) is 0 Å². The van der Waals surface area contributed by atoms with Crippen molar-refractivity contribution in [2.24, 2.45) is 5.92 Å². The molecule has 2 atom stereocenters. The van der Waals surface area contributed by atoms with Crippen molar-refractivity contribution < 1.29 is 9.47 Å². The van der Waals surface area contributed by atoms with Crippen LogP contribution in [0.2, 0.25) is 0 Å². The minimum atomic E-state index is -0.395. The lowest BCUT2D eigenvalue weighted by molar-refractivity contribution is -0.162. The maximum Gasteiger partial charge on any atom is 0.166 e.